The Morgan fingerprint density at radius 3 is 2.06 bits per heavy atom. The van der Waals surface area contributed by atoms with Crippen LogP contribution in [-0.2, 0) is 33.3 Å². The monoisotopic (exact) mass is 507 g/mol. The summed E-state index contributed by atoms with van der Waals surface area (Å²) in [6.07, 6.45) is -6.99. The van der Waals surface area contributed by atoms with Crippen LogP contribution in [0.3, 0.4) is 0 Å². The lowest BCUT2D eigenvalue weighted by atomic mass is 9.82. The summed E-state index contributed by atoms with van der Waals surface area (Å²) < 4.78 is 26.2. The van der Waals surface area contributed by atoms with Crippen LogP contribution in [0.15, 0.2) is 5.11 Å². The molecular formula is C21H37N3O11. The molecule has 0 bridgehead atoms. The Hall–Kier alpha value is -2.03. The number of carbonyl (C=O) groups excluding carboxylic acids is 2. The number of esters is 2. The summed E-state index contributed by atoms with van der Waals surface area (Å²) >= 11 is 0. The largest absolute Gasteiger partial charge is 0.456 e. The van der Waals surface area contributed by atoms with Crippen molar-refractivity contribution in [1.82, 2.24) is 0 Å². The van der Waals surface area contributed by atoms with E-state index in [0.29, 0.717) is 0 Å². The van der Waals surface area contributed by atoms with Crippen LogP contribution >= 0.6 is 0 Å². The van der Waals surface area contributed by atoms with Crippen molar-refractivity contribution in [2.75, 3.05) is 19.8 Å². The highest BCUT2D eigenvalue weighted by Gasteiger charge is 2.45. The molecule has 0 aliphatic carbocycles. The van der Waals surface area contributed by atoms with Gasteiger partial charge in [0.2, 0.25) is 6.29 Å². The highest BCUT2D eigenvalue weighted by atomic mass is 16.7. The third-order valence-electron chi connectivity index (χ3n) is 5.88. The topological polar surface area (TPSA) is 210 Å². The predicted octanol–water partition coefficient (Wildman–Crippen LogP) is 0.00150. The fourth-order valence-electron chi connectivity index (χ4n) is 3.80. The Balaban J connectivity index is 0.000000351. The SMILES string of the molecule is CCC1OC(OC(C)=O)C(OC(C)=O)[C@@H](C)[C@@H]1C.[N-]=[N+]=NCCO[C@H]1OC(CO)[C@@H](O)[C@H](O)C1O. The summed E-state index contributed by atoms with van der Waals surface area (Å²) in [6, 6.07) is 0. The normalized spacial score (nSPS) is 36.7. The Morgan fingerprint density at radius 2 is 1.54 bits per heavy atom. The number of aliphatic hydroxyl groups is 4. The highest BCUT2D eigenvalue weighted by molar-refractivity contribution is 5.67. The molecule has 2 heterocycles. The van der Waals surface area contributed by atoms with E-state index in [9.17, 15) is 24.9 Å². The van der Waals surface area contributed by atoms with Crippen molar-refractivity contribution in [2.45, 2.75) is 90.2 Å². The molecule has 2 saturated heterocycles. The molecule has 35 heavy (non-hydrogen) atoms. The molecule has 5 unspecified atom stereocenters. The third-order valence-corrected chi connectivity index (χ3v) is 5.88. The van der Waals surface area contributed by atoms with Gasteiger partial charge in [-0.15, -0.1) is 0 Å². The molecule has 2 rings (SSSR count). The van der Waals surface area contributed by atoms with E-state index in [1.165, 1.54) is 13.8 Å². The standard InChI is InChI=1S/C13H22O5.C8H15N3O6/c1-6-11-7(2)8(3)12(16-9(4)14)13(18-11)17-10(5)15;9-11-10-1-2-16-8-7(15)6(14)5(13)4(3-12)17-8/h7-8,11-13H,6H2,1-5H3;4-8,12-15H,1-3H2/t7-,8-,11?,12?,13?;4?,5-,6+,7?,8+/m01/s1. The average Bonchev–Trinajstić information content (AvgIpc) is 2.81. The number of hydrogen-bond acceptors (Lipinski definition) is 12. The number of azide groups is 1. The van der Waals surface area contributed by atoms with Gasteiger partial charge in [0.1, 0.15) is 24.4 Å². The van der Waals surface area contributed by atoms with Crippen molar-refractivity contribution in [2.24, 2.45) is 17.0 Å². The molecule has 14 nitrogen and oxygen atoms in total. The summed E-state index contributed by atoms with van der Waals surface area (Å²) in [5, 5.41) is 40.5. The summed E-state index contributed by atoms with van der Waals surface area (Å²) in [5.41, 5.74) is 8.03. The molecule has 2 aliphatic heterocycles. The van der Waals surface area contributed by atoms with E-state index >= 15 is 0 Å². The maximum atomic E-state index is 11.1. The number of hydrogen-bond donors (Lipinski definition) is 4. The van der Waals surface area contributed by atoms with Gasteiger partial charge in [-0.05, 0) is 17.9 Å². The van der Waals surface area contributed by atoms with Gasteiger partial charge in [-0.3, -0.25) is 9.59 Å². The molecule has 0 radical (unpaired) electrons. The quantitative estimate of drug-likeness (QED) is 0.113. The first kappa shape index (κ1) is 31.0. The van der Waals surface area contributed by atoms with Gasteiger partial charge in [0.25, 0.3) is 0 Å². The zero-order chi connectivity index (χ0) is 26.7. The molecule has 202 valence electrons. The van der Waals surface area contributed by atoms with E-state index in [1.54, 1.807) is 0 Å². The van der Waals surface area contributed by atoms with Gasteiger partial charge in [-0.25, -0.2) is 0 Å². The molecular weight excluding hydrogens is 470 g/mol. The molecule has 14 heteroatoms. The Kier molecular flexibility index (Phi) is 13.4. The van der Waals surface area contributed by atoms with Gasteiger partial charge in [-0.2, -0.15) is 0 Å². The van der Waals surface area contributed by atoms with E-state index in [4.69, 9.17) is 34.3 Å². The van der Waals surface area contributed by atoms with Crippen molar-refractivity contribution in [3.05, 3.63) is 10.4 Å². The van der Waals surface area contributed by atoms with Gasteiger partial charge in [0, 0.05) is 31.2 Å². The van der Waals surface area contributed by atoms with Gasteiger partial charge < -0.3 is 44.1 Å². The van der Waals surface area contributed by atoms with E-state index in [2.05, 4.69) is 16.9 Å². The van der Waals surface area contributed by atoms with E-state index in [-0.39, 0.29) is 31.1 Å². The van der Waals surface area contributed by atoms with Crippen LogP contribution in [0, 0.1) is 11.8 Å². The van der Waals surface area contributed by atoms with Crippen LogP contribution in [-0.4, -0.2) is 101 Å². The summed E-state index contributed by atoms with van der Waals surface area (Å²) in [6.45, 7) is 8.25. The van der Waals surface area contributed by atoms with Crippen LogP contribution in [0.4, 0.5) is 0 Å². The maximum absolute atomic E-state index is 11.1. The molecule has 10 atom stereocenters. The average molecular weight is 508 g/mol. The second-order valence-corrected chi connectivity index (χ2v) is 8.38. The van der Waals surface area contributed by atoms with Crippen molar-refractivity contribution in [3.8, 4) is 0 Å². The Labute approximate surface area is 203 Å². The number of rotatable bonds is 8. The Morgan fingerprint density at radius 1 is 0.943 bits per heavy atom. The van der Waals surface area contributed by atoms with Crippen LogP contribution in [0.1, 0.15) is 41.0 Å². The number of ether oxygens (including phenoxy) is 5. The second-order valence-electron chi connectivity index (χ2n) is 8.38. The Bertz CT molecular complexity index is 719. The van der Waals surface area contributed by atoms with E-state index in [0.717, 1.165) is 6.42 Å². The van der Waals surface area contributed by atoms with Gasteiger partial charge >= 0.3 is 11.9 Å². The molecule has 0 aromatic rings. The van der Waals surface area contributed by atoms with E-state index < -0.39 is 61.6 Å². The predicted molar refractivity (Wildman–Crippen MR) is 118 cm³/mol. The van der Waals surface area contributed by atoms with Crippen LogP contribution < -0.4 is 0 Å². The fourth-order valence-corrected chi connectivity index (χ4v) is 3.80. The summed E-state index contributed by atoms with van der Waals surface area (Å²) in [7, 11) is 0. The van der Waals surface area contributed by atoms with Crippen molar-refractivity contribution in [1.29, 1.82) is 0 Å². The molecule has 0 saturated carbocycles. The second kappa shape index (κ2) is 15.2. The number of aliphatic hydroxyl groups excluding tert-OH is 4. The van der Waals surface area contributed by atoms with Crippen molar-refractivity contribution >= 4 is 11.9 Å². The molecule has 2 aliphatic rings. The first-order chi connectivity index (χ1) is 16.5. The van der Waals surface area contributed by atoms with Crippen molar-refractivity contribution in [3.63, 3.8) is 0 Å². The third kappa shape index (κ3) is 9.17. The minimum atomic E-state index is -1.47. The lowest BCUT2D eigenvalue weighted by Crippen LogP contribution is -2.59. The van der Waals surface area contributed by atoms with E-state index in [1.807, 2.05) is 13.8 Å². The van der Waals surface area contributed by atoms with Crippen LogP contribution in [0.25, 0.3) is 10.4 Å². The molecule has 4 N–H and O–H groups in total. The molecule has 0 aromatic carbocycles. The van der Waals surface area contributed by atoms with Gasteiger partial charge in [-0.1, -0.05) is 25.9 Å². The minimum absolute atomic E-state index is 0.00719. The fraction of sp³-hybridized carbons (Fsp3) is 0.905. The maximum Gasteiger partial charge on any atom is 0.305 e. The first-order valence-electron chi connectivity index (χ1n) is 11.4. The van der Waals surface area contributed by atoms with Gasteiger partial charge in [0.05, 0.1) is 19.3 Å². The smallest absolute Gasteiger partial charge is 0.305 e. The molecule has 2 fully saturated rings. The zero-order valence-corrected chi connectivity index (χ0v) is 20.6. The number of carbonyl (C=O) groups is 2. The van der Waals surface area contributed by atoms with Crippen molar-refractivity contribution < 1.29 is 53.7 Å². The first-order valence-corrected chi connectivity index (χ1v) is 11.4. The lowest BCUT2D eigenvalue weighted by molar-refractivity contribution is -0.300. The van der Waals surface area contributed by atoms with Crippen LogP contribution in [0.5, 0.6) is 0 Å². The molecule has 0 aromatic heterocycles. The molecule has 0 spiro atoms. The van der Waals surface area contributed by atoms with Gasteiger partial charge in [0.15, 0.2) is 12.4 Å². The zero-order valence-electron chi connectivity index (χ0n) is 20.6. The minimum Gasteiger partial charge on any atom is -0.456 e. The molecule has 0 amide bonds. The summed E-state index contributed by atoms with van der Waals surface area (Å²) in [5.74, 6) is -0.508. The highest BCUT2D eigenvalue weighted by Crippen LogP contribution is 2.34. The van der Waals surface area contributed by atoms with Crippen LogP contribution in [0.2, 0.25) is 0 Å². The number of nitrogens with zero attached hydrogens (tertiary/aromatic N) is 3. The summed E-state index contributed by atoms with van der Waals surface area (Å²) in [4.78, 5) is 24.7. The lowest BCUT2D eigenvalue weighted by Gasteiger charge is -2.43.